The number of amides is 1. The van der Waals surface area contributed by atoms with Gasteiger partial charge in [-0.3, -0.25) is 4.79 Å². The third kappa shape index (κ3) is 2.71. The van der Waals surface area contributed by atoms with Gasteiger partial charge in [0.25, 0.3) is 5.91 Å². The summed E-state index contributed by atoms with van der Waals surface area (Å²) in [6, 6.07) is 7.98. The Morgan fingerprint density at radius 3 is 2.96 bits per heavy atom. The van der Waals surface area contributed by atoms with E-state index in [-0.39, 0.29) is 5.91 Å². The molecule has 24 heavy (non-hydrogen) atoms. The molecular formula is C18H22N4O2. The number of nitrogens with zero attached hydrogens (tertiary/aromatic N) is 3. The molecule has 0 spiro atoms. The summed E-state index contributed by atoms with van der Waals surface area (Å²) in [5.41, 5.74) is 2.16. The van der Waals surface area contributed by atoms with Crippen molar-refractivity contribution in [2.75, 3.05) is 6.61 Å². The fraction of sp³-hybridized carbons (Fsp3) is 0.500. The van der Waals surface area contributed by atoms with Crippen molar-refractivity contribution in [2.45, 2.75) is 44.2 Å². The van der Waals surface area contributed by atoms with Crippen molar-refractivity contribution >= 4 is 5.91 Å². The van der Waals surface area contributed by atoms with Gasteiger partial charge in [0.05, 0.1) is 13.2 Å². The van der Waals surface area contributed by atoms with Gasteiger partial charge in [0.15, 0.2) is 11.9 Å². The van der Waals surface area contributed by atoms with Crippen molar-refractivity contribution in [1.29, 1.82) is 0 Å². The van der Waals surface area contributed by atoms with E-state index in [0.717, 1.165) is 23.6 Å². The summed E-state index contributed by atoms with van der Waals surface area (Å²) in [4.78, 5) is 12.6. The highest BCUT2D eigenvalue weighted by molar-refractivity contribution is 5.82. The second-order valence-corrected chi connectivity index (χ2v) is 6.58. The molecule has 2 aromatic rings. The van der Waals surface area contributed by atoms with Crippen molar-refractivity contribution in [3.63, 3.8) is 0 Å². The summed E-state index contributed by atoms with van der Waals surface area (Å²) >= 11 is 0. The highest BCUT2D eigenvalue weighted by atomic mass is 16.5. The topological polar surface area (TPSA) is 69.0 Å². The van der Waals surface area contributed by atoms with Crippen molar-refractivity contribution in [2.24, 2.45) is 7.05 Å². The van der Waals surface area contributed by atoms with Crippen LogP contribution in [0.2, 0.25) is 0 Å². The third-order valence-corrected chi connectivity index (χ3v) is 5.12. The zero-order valence-corrected chi connectivity index (χ0v) is 13.9. The summed E-state index contributed by atoms with van der Waals surface area (Å²) in [6.07, 6.45) is 3.96. The van der Waals surface area contributed by atoms with E-state index in [2.05, 4.69) is 21.6 Å². The third-order valence-electron chi connectivity index (χ3n) is 5.12. The van der Waals surface area contributed by atoms with E-state index >= 15 is 0 Å². The van der Waals surface area contributed by atoms with Gasteiger partial charge in [-0.1, -0.05) is 30.7 Å². The Morgan fingerprint density at radius 1 is 1.33 bits per heavy atom. The zero-order valence-electron chi connectivity index (χ0n) is 13.9. The average Bonchev–Trinajstić information content (AvgIpc) is 2.91. The second kappa shape index (κ2) is 6.36. The molecule has 1 aliphatic carbocycles. The molecule has 2 aliphatic rings. The monoisotopic (exact) mass is 326 g/mol. The number of hydrogen-bond donors (Lipinski definition) is 1. The Labute approximate surface area is 141 Å². The Balaban J connectivity index is 1.43. The lowest BCUT2D eigenvalue weighted by molar-refractivity contribution is -0.134. The Morgan fingerprint density at radius 2 is 2.17 bits per heavy atom. The quantitative estimate of drug-likeness (QED) is 0.933. The van der Waals surface area contributed by atoms with Crippen LogP contribution in [0.4, 0.5) is 0 Å². The molecule has 1 amide bonds. The standard InChI is InChI=1S/C18H22N4O2/c1-22-15(20-21-17(22)13-6-4-7-13)11-19-18(23)16-14-8-3-2-5-12(14)9-10-24-16/h2-3,5,8,13,16H,4,6-7,9-11H2,1H3,(H,19,23)/t16-/m1/s1. The van der Waals surface area contributed by atoms with Crippen LogP contribution < -0.4 is 5.32 Å². The Kier molecular flexibility index (Phi) is 4.06. The van der Waals surface area contributed by atoms with Gasteiger partial charge in [0.1, 0.15) is 5.82 Å². The fourth-order valence-electron chi connectivity index (χ4n) is 3.42. The number of benzene rings is 1. The van der Waals surface area contributed by atoms with Crippen LogP contribution >= 0.6 is 0 Å². The highest BCUT2D eigenvalue weighted by Gasteiger charge is 2.28. The number of aromatic nitrogens is 3. The maximum absolute atomic E-state index is 12.6. The molecule has 0 bridgehead atoms. The number of ether oxygens (including phenoxy) is 1. The largest absolute Gasteiger partial charge is 0.363 e. The van der Waals surface area contributed by atoms with Gasteiger partial charge in [-0.2, -0.15) is 0 Å². The molecule has 6 heteroatoms. The number of nitrogens with one attached hydrogen (secondary N) is 1. The minimum atomic E-state index is -0.533. The molecule has 0 unspecified atom stereocenters. The molecule has 4 rings (SSSR count). The molecule has 1 aromatic heterocycles. The summed E-state index contributed by atoms with van der Waals surface area (Å²) < 4.78 is 7.71. The molecule has 0 radical (unpaired) electrons. The molecule has 6 nitrogen and oxygen atoms in total. The first kappa shape index (κ1) is 15.3. The van der Waals surface area contributed by atoms with Crippen LogP contribution in [0.15, 0.2) is 24.3 Å². The van der Waals surface area contributed by atoms with Gasteiger partial charge in [-0.15, -0.1) is 10.2 Å². The lowest BCUT2D eigenvalue weighted by Crippen LogP contribution is -2.34. The number of hydrogen-bond acceptors (Lipinski definition) is 4. The first-order chi connectivity index (χ1) is 11.7. The van der Waals surface area contributed by atoms with E-state index in [1.807, 2.05) is 29.8 Å². The van der Waals surface area contributed by atoms with Crippen LogP contribution in [0.3, 0.4) is 0 Å². The minimum absolute atomic E-state index is 0.115. The van der Waals surface area contributed by atoms with Gasteiger partial charge >= 0.3 is 0 Å². The maximum Gasteiger partial charge on any atom is 0.254 e. The summed E-state index contributed by atoms with van der Waals surface area (Å²) in [6.45, 7) is 0.946. The average molecular weight is 326 g/mol. The number of rotatable bonds is 4. The predicted molar refractivity (Wildman–Crippen MR) is 88.3 cm³/mol. The van der Waals surface area contributed by atoms with E-state index in [4.69, 9.17) is 4.74 Å². The molecule has 1 N–H and O–H groups in total. The van der Waals surface area contributed by atoms with Gasteiger partial charge in [-0.25, -0.2) is 0 Å². The van der Waals surface area contributed by atoms with E-state index in [1.54, 1.807) is 0 Å². The van der Waals surface area contributed by atoms with Gasteiger partial charge in [-0.05, 0) is 30.4 Å². The first-order valence-corrected chi connectivity index (χ1v) is 8.59. The molecule has 0 saturated heterocycles. The van der Waals surface area contributed by atoms with Crippen LogP contribution in [0.1, 0.15) is 54.1 Å². The van der Waals surface area contributed by atoms with Crippen LogP contribution in [-0.4, -0.2) is 27.3 Å². The molecule has 1 aromatic carbocycles. The number of carbonyl (C=O) groups is 1. The van der Waals surface area contributed by atoms with Crippen LogP contribution in [0, 0.1) is 0 Å². The van der Waals surface area contributed by atoms with E-state index in [0.29, 0.717) is 19.1 Å². The van der Waals surface area contributed by atoms with E-state index in [1.165, 1.54) is 24.8 Å². The zero-order chi connectivity index (χ0) is 16.5. The molecule has 2 heterocycles. The second-order valence-electron chi connectivity index (χ2n) is 6.58. The first-order valence-electron chi connectivity index (χ1n) is 8.59. The van der Waals surface area contributed by atoms with Crippen LogP contribution in [-0.2, 0) is 29.5 Å². The number of carbonyl (C=O) groups excluding carboxylic acids is 1. The lowest BCUT2D eigenvalue weighted by Gasteiger charge is -2.25. The Bertz CT molecular complexity index is 751. The maximum atomic E-state index is 12.6. The minimum Gasteiger partial charge on any atom is -0.363 e. The van der Waals surface area contributed by atoms with Gasteiger partial charge in [0.2, 0.25) is 0 Å². The van der Waals surface area contributed by atoms with E-state index < -0.39 is 6.10 Å². The summed E-state index contributed by atoms with van der Waals surface area (Å²) in [7, 11) is 1.97. The smallest absolute Gasteiger partial charge is 0.254 e. The molecule has 1 aliphatic heterocycles. The normalized spacial score (nSPS) is 20.3. The Hall–Kier alpha value is -2.21. The lowest BCUT2D eigenvalue weighted by atomic mass is 9.85. The number of fused-ring (bicyclic) bond motifs is 1. The molecular weight excluding hydrogens is 304 g/mol. The van der Waals surface area contributed by atoms with Crippen molar-refractivity contribution in [3.8, 4) is 0 Å². The predicted octanol–water partition coefficient (Wildman–Crippen LogP) is 2.01. The van der Waals surface area contributed by atoms with Crippen molar-refractivity contribution < 1.29 is 9.53 Å². The van der Waals surface area contributed by atoms with Gasteiger partial charge < -0.3 is 14.6 Å². The molecule has 1 atom stereocenters. The molecule has 126 valence electrons. The van der Waals surface area contributed by atoms with Gasteiger partial charge in [0, 0.05) is 13.0 Å². The highest BCUT2D eigenvalue weighted by Crippen LogP contribution is 2.35. The van der Waals surface area contributed by atoms with Crippen molar-refractivity contribution in [3.05, 3.63) is 47.0 Å². The molecule has 1 fully saturated rings. The molecule has 1 saturated carbocycles. The fourth-order valence-corrected chi connectivity index (χ4v) is 3.42. The van der Waals surface area contributed by atoms with Crippen molar-refractivity contribution in [1.82, 2.24) is 20.1 Å². The van der Waals surface area contributed by atoms with Crippen LogP contribution in [0.5, 0.6) is 0 Å². The summed E-state index contributed by atoms with van der Waals surface area (Å²) in [5.74, 6) is 2.23. The van der Waals surface area contributed by atoms with E-state index in [9.17, 15) is 4.79 Å². The summed E-state index contributed by atoms with van der Waals surface area (Å²) in [5, 5.41) is 11.5. The SMILES string of the molecule is Cn1c(CNC(=O)[C@@H]2OCCc3ccccc32)nnc1C1CCC1. The van der Waals surface area contributed by atoms with Crippen LogP contribution in [0.25, 0.3) is 0 Å².